The Kier molecular flexibility index (Phi) is 2.23. The molecule has 0 spiro atoms. The minimum Gasteiger partial charge on any atom is -0.494 e. The van der Waals surface area contributed by atoms with Crippen molar-refractivity contribution in [2.75, 3.05) is 6.61 Å². The van der Waals surface area contributed by atoms with Crippen LogP contribution in [0.1, 0.15) is 6.92 Å². The van der Waals surface area contributed by atoms with E-state index in [0.717, 1.165) is 16.7 Å². The molecule has 2 aromatic rings. The van der Waals surface area contributed by atoms with E-state index < -0.39 is 0 Å². The second-order valence-corrected chi connectivity index (χ2v) is 2.88. The van der Waals surface area contributed by atoms with Crippen molar-refractivity contribution in [3.8, 4) is 11.6 Å². The molecule has 0 amide bonds. The van der Waals surface area contributed by atoms with Crippen molar-refractivity contribution in [2.24, 2.45) is 0 Å². The summed E-state index contributed by atoms with van der Waals surface area (Å²) in [6, 6.07) is 9.85. The smallest absolute Gasteiger partial charge is 0.219 e. The van der Waals surface area contributed by atoms with Crippen LogP contribution in [0.4, 0.5) is 0 Å². The zero-order valence-electron chi connectivity index (χ0n) is 7.82. The van der Waals surface area contributed by atoms with Gasteiger partial charge < -0.3 is 9.84 Å². The monoisotopic (exact) mass is 188 g/mol. The first kappa shape index (κ1) is 8.81. The molecule has 1 aromatic carbocycles. The molecule has 0 aliphatic rings. The van der Waals surface area contributed by atoms with Crippen LogP contribution in [0.3, 0.4) is 0 Å². The predicted molar refractivity (Wildman–Crippen MR) is 53.4 cm³/mol. The fraction of sp³-hybridized carbons (Fsp3) is 0.182. The van der Waals surface area contributed by atoms with E-state index in [1.165, 1.54) is 0 Å². The van der Waals surface area contributed by atoms with E-state index in [9.17, 15) is 0 Å². The normalized spacial score (nSPS) is 10.4. The van der Waals surface area contributed by atoms with Gasteiger partial charge in [0.25, 0.3) is 0 Å². The molecule has 14 heavy (non-hydrogen) atoms. The number of ether oxygens (including phenoxy) is 1. The van der Waals surface area contributed by atoms with Crippen molar-refractivity contribution in [1.82, 2.24) is 4.98 Å². The van der Waals surface area contributed by atoms with Crippen molar-refractivity contribution < 1.29 is 9.84 Å². The van der Waals surface area contributed by atoms with Gasteiger partial charge in [-0.15, -0.1) is 0 Å². The van der Waals surface area contributed by atoms with Gasteiger partial charge in [0, 0.05) is 11.5 Å². The standard InChI is InChI=1S/C11H10NO2/c1-2-14-9-4-5-10-8(7-9)3-6-11(13)12-10/h3-5,7H,2H2,1H3,(H,12,13). The maximum atomic E-state index is 9.10. The average molecular weight is 188 g/mol. The first-order valence-electron chi connectivity index (χ1n) is 4.44. The Balaban J connectivity index is 2.50. The molecule has 1 heterocycles. The van der Waals surface area contributed by atoms with E-state index in [0.29, 0.717) is 6.61 Å². The summed E-state index contributed by atoms with van der Waals surface area (Å²) in [5.41, 5.74) is 0.740. The summed E-state index contributed by atoms with van der Waals surface area (Å²) in [5, 5.41) is 10.0. The number of hydrogen-bond acceptors (Lipinski definition) is 3. The maximum absolute atomic E-state index is 9.10. The van der Waals surface area contributed by atoms with Crippen LogP contribution in [0, 0.1) is 6.07 Å². The number of pyridine rings is 1. The minimum absolute atomic E-state index is 0.0818. The van der Waals surface area contributed by atoms with Crippen LogP contribution < -0.4 is 4.74 Å². The van der Waals surface area contributed by atoms with Crippen molar-refractivity contribution >= 4 is 10.9 Å². The number of rotatable bonds is 2. The average Bonchev–Trinajstić information content (AvgIpc) is 2.19. The molecular weight excluding hydrogens is 178 g/mol. The van der Waals surface area contributed by atoms with Gasteiger partial charge >= 0.3 is 0 Å². The van der Waals surface area contributed by atoms with Gasteiger partial charge in [-0.05, 0) is 31.2 Å². The van der Waals surface area contributed by atoms with Crippen molar-refractivity contribution in [3.63, 3.8) is 0 Å². The molecule has 0 bridgehead atoms. The van der Waals surface area contributed by atoms with Gasteiger partial charge in [-0.2, -0.15) is 0 Å². The highest BCUT2D eigenvalue weighted by molar-refractivity contribution is 5.80. The van der Waals surface area contributed by atoms with Gasteiger partial charge in [0.15, 0.2) is 0 Å². The number of aromatic nitrogens is 1. The molecule has 1 N–H and O–H groups in total. The van der Waals surface area contributed by atoms with E-state index in [2.05, 4.69) is 11.1 Å². The zero-order valence-corrected chi connectivity index (χ0v) is 7.82. The third-order valence-electron chi connectivity index (χ3n) is 1.89. The Hall–Kier alpha value is -1.77. The quantitative estimate of drug-likeness (QED) is 0.785. The molecule has 1 radical (unpaired) electrons. The molecule has 2 rings (SSSR count). The zero-order chi connectivity index (χ0) is 9.97. The van der Waals surface area contributed by atoms with Crippen LogP contribution in [-0.4, -0.2) is 16.7 Å². The third-order valence-corrected chi connectivity index (χ3v) is 1.89. The lowest BCUT2D eigenvalue weighted by Gasteiger charge is -2.03. The Morgan fingerprint density at radius 1 is 1.50 bits per heavy atom. The van der Waals surface area contributed by atoms with Crippen LogP contribution >= 0.6 is 0 Å². The van der Waals surface area contributed by atoms with E-state index >= 15 is 0 Å². The summed E-state index contributed by atoms with van der Waals surface area (Å²) in [6.07, 6.45) is 0. The fourth-order valence-electron chi connectivity index (χ4n) is 1.30. The Morgan fingerprint density at radius 2 is 2.36 bits per heavy atom. The molecule has 0 fully saturated rings. The molecule has 0 saturated carbocycles. The highest BCUT2D eigenvalue weighted by atomic mass is 16.5. The van der Waals surface area contributed by atoms with E-state index in [-0.39, 0.29) is 5.88 Å². The number of hydrogen-bond donors (Lipinski definition) is 1. The van der Waals surface area contributed by atoms with E-state index in [1.54, 1.807) is 6.07 Å². The molecule has 1 aromatic heterocycles. The van der Waals surface area contributed by atoms with Crippen molar-refractivity contribution in [2.45, 2.75) is 6.92 Å². The number of benzene rings is 1. The Morgan fingerprint density at radius 3 is 3.14 bits per heavy atom. The van der Waals surface area contributed by atoms with Crippen molar-refractivity contribution in [1.29, 1.82) is 0 Å². The number of aromatic hydroxyl groups is 1. The molecule has 0 aliphatic carbocycles. The second kappa shape index (κ2) is 3.54. The van der Waals surface area contributed by atoms with Crippen LogP contribution in [0.2, 0.25) is 0 Å². The lowest BCUT2D eigenvalue weighted by Crippen LogP contribution is -1.91. The molecule has 0 unspecified atom stereocenters. The van der Waals surface area contributed by atoms with Crippen LogP contribution in [-0.2, 0) is 0 Å². The molecule has 71 valence electrons. The second-order valence-electron chi connectivity index (χ2n) is 2.88. The van der Waals surface area contributed by atoms with E-state index in [4.69, 9.17) is 9.84 Å². The largest absolute Gasteiger partial charge is 0.494 e. The lowest BCUT2D eigenvalue weighted by atomic mass is 10.2. The van der Waals surface area contributed by atoms with Gasteiger partial charge in [0.05, 0.1) is 12.1 Å². The predicted octanol–water partition coefficient (Wildman–Crippen LogP) is 2.14. The summed E-state index contributed by atoms with van der Waals surface area (Å²) in [6.45, 7) is 2.58. The third kappa shape index (κ3) is 1.62. The summed E-state index contributed by atoms with van der Waals surface area (Å²) in [5.74, 6) is 0.725. The van der Waals surface area contributed by atoms with Crippen LogP contribution in [0.5, 0.6) is 11.6 Å². The Bertz CT molecular complexity index is 454. The Labute approximate surface area is 82.0 Å². The van der Waals surface area contributed by atoms with Gasteiger partial charge in [-0.1, -0.05) is 0 Å². The highest BCUT2D eigenvalue weighted by Gasteiger charge is 1.99. The van der Waals surface area contributed by atoms with Crippen LogP contribution in [0.25, 0.3) is 10.9 Å². The molecule has 3 nitrogen and oxygen atoms in total. The van der Waals surface area contributed by atoms with Gasteiger partial charge in [-0.25, -0.2) is 4.98 Å². The topological polar surface area (TPSA) is 42.4 Å². The van der Waals surface area contributed by atoms with Crippen LogP contribution in [0.15, 0.2) is 24.3 Å². The minimum atomic E-state index is -0.0818. The molecule has 0 aliphatic heterocycles. The number of fused-ring (bicyclic) bond motifs is 1. The molecular formula is C11H10NO2. The number of nitrogens with zero attached hydrogens (tertiary/aromatic N) is 1. The summed E-state index contributed by atoms with van der Waals surface area (Å²) in [4.78, 5) is 3.92. The summed E-state index contributed by atoms with van der Waals surface area (Å²) < 4.78 is 5.34. The molecule has 3 heteroatoms. The van der Waals surface area contributed by atoms with Gasteiger partial charge in [0.1, 0.15) is 5.75 Å². The van der Waals surface area contributed by atoms with E-state index in [1.807, 2.05) is 25.1 Å². The van der Waals surface area contributed by atoms with Gasteiger partial charge in [-0.3, -0.25) is 0 Å². The molecule has 0 atom stereocenters. The maximum Gasteiger partial charge on any atom is 0.219 e. The summed E-state index contributed by atoms with van der Waals surface area (Å²) in [7, 11) is 0. The first-order chi connectivity index (χ1) is 6.79. The molecule has 0 saturated heterocycles. The SMILES string of the molecule is CCOc1ccc2nc(O)[c]cc2c1. The first-order valence-corrected chi connectivity index (χ1v) is 4.44. The van der Waals surface area contributed by atoms with Gasteiger partial charge in [0.2, 0.25) is 5.88 Å². The fourth-order valence-corrected chi connectivity index (χ4v) is 1.30. The summed E-state index contributed by atoms with van der Waals surface area (Å²) >= 11 is 0. The van der Waals surface area contributed by atoms with Crippen molar-refractivity contribution in [3.05, 3.63) is 30.3 Å². The lowest BCUT2D eigenvalue weighted by molar-refractivity contribution is 0.340. The highest BCUT2D eigenvalue weighted by Crippen LogP contribution is 2.20.